The molecule has 0 saturated heterocycles. The van der Waals surface area contributed by atoms with Gasteiger partial charge in [-0.1, -0.05) is 11.6 Å². The fourth-order valence-electron chi connectivity index (χ4n) is 2.54. The van der Waals surface area contributed by atoms with Crippen LogP contribution in [0.25, 0.3) is 5.95 Å². The Labute approximate surface area is 167 Å². The van der Waals surface area contributed by atoms with Crippen LogP contribution in [0.2, 0.25) is 5.02 Å². The Kier molecular flexibility index (Phi) is 5.82. The van der Waals surface area contributed by atoms with Crippen LogP contribution in [0.15, 0.2) is 41.3 Å². The van der Waals surface area contributed by atoms with Crippen molar-refractivity contribution in [1.82, 2.24) is 19.7 Å². The molecule has 1 amide bonds. The quantitative estimate of drug-likeness (QED) is 0.643. The summed E-state index contributed by atoms with van der Waals surface area (Å²) in [6.45, 7) is 7.52. The van der Waals surface area contributed by atoms with Gasteiger partial charge in [-0.15, -0.1) is 11.8 Å². The minimum Gasteiger partial charge on any atom is -0.310 e. The van der Waals surface area contributed by atoms with Gasteiger partial charge in [0.05, 0.1) is 10.9 Å². The van der Waals surface area contributed by atoms with Gasteiger partial charge in [0.15, 0.2) is 0 Å². The molecule has 0 aliphatic heterocycles. The number of halogens is 1. The molecule has 2 heterocycles. The largest absolute Gasteiger partial charge is 0.310 e. The molecule has 0 aliphatic carbocycles. The maximum Gasteiger partial charge on any atom is 0.252 e. The second-order valence-electron chi connectivity index (χ2n) is 6.24. The minimum absolute atomic E-state index is 0.125. The summed E-state index contributed by atoms with van der Waals surface area (Å²) >= 11 is 7.37. The lowest BCUT2D eigenvalue weighted by atomic mass is 10.3. The Balaban J connectivity index is 1.79. The van der Waals surface area contributed by atoms with Crippen LogP contribution in [0.3, 0.4) is 0 Å². The van der Waals surface area contributed by atoms with Gasteiger partial charge in [-0.3, -0.25) is 4.79 Å². The molecule has 0 fully saturated rings. The van der Waals surface area contributed by atoms with Gasteiger partial charge in [0.1, 0.15) is 5.82 Å². The molecule has 2 aromatic heterocycles. The van der Waals surface area contributed by atoms with Crippen molar-refractivity contribution in [1.29, 1.82) is 0 Å². The number of nitrogens with zero attached hydrogens (tertiary/aromatic N) is 4. The topological polar surface area (TPSA) is 72.7 Å². The van der Waals surface area contributed by atoms with E-state index in [9.17, 15) is 4.79 Å². The van der Waals surface area contributed by atoms with E-state index >= 15 is 0 Å². The summed E-state index contributed by atoms with van der Waals surface area (Å²) < 4.78 is 1.56. The predicted octanol–water partition coefficient (Wildman–Crippen LogP) is 4.36. The Morgan fingerprint density at radius 1 is 1.07 bits per heavy atom. The van der Waals surface area contributed by atoms with Crippen LogP contribution >= 0.6 is 23.4 Å². The first-order chi connectivity index (χ1) is 12.8. The molecule has 1 N–H and O–H groups in total. The van der Waals surface area contributed by atoms with Gasteiger partial charge in [-0.2, -0.15) is 9.78 Å². The first kappa shape index (κ1) is 19.4. The highest BCUT2D eigenvalue weighted by molar-refractivity contribution is 8.00. The first-order valence-electron chi connectivity index (χ1n) is 8.44. The number of hydrogen-bond donors (Lipinski definition) is 1. The molecule has 140 valence electrons. The Morgan fingerprint density at radius 3 is 2.33 bits per heavy atom. The van der Waals surface area contributed by atoms with Crippen LogP contribution in [-0.4, -0.2) is 30.9 Å². The Bertz CT molecular complexity index is 950. The van der Waals surface area contributed by atoms with E-state index in [0.717, 1.165) is 22.0 Å². The number of nitrogens with one attached hydrogen (secondary N) is 1. The molecular weight excluding hydrogens is 382 g/mol. The van der Waals surface area contributed by atoms with Crippen LogP contribution in [0.4, 0.5) is 5.82 Å². The highest BCUT2D eigenvalue weighted by atomic mass is 35.5. The highest BCUT2D eigenvalue weighted by Crippen LogP contribution is 2.26. The van der Waals surface area contributed by atoms with Gasteiger partial charge in [0, 0.05) is 27.4 Å². The van der Waals surface area contributed by atoms with E-state index in [2.05, 4.69) is 20.4 Å². The number of anilines is 1. The molecular formula is C19H20ClN5OS. The van der Waals surface area contributed by atoms with Crippen molar-refractivity contribution < 1.29 is 4.79 Å². The third-order valence-electron chi connectivity index (χ3n) is 3.74. The van der Waals surface area contributed by atoms with Crippen LogP contribution in [0.5, 0.6) is 0 Å². The zero-order valence-electron chi connectivity index (χ0n) is 15.5. The molecule has 1 atom stereocenters. The van der Waals surface area contributed by atoms with Gasteiger partial charge >= 0.3 is 0 Å². The average Bonchev–Trinajstić information content (AvgIpc) is 2.96. The molecule has 0 saturated carbocycles. The molecule has 0 aliphatic rings. The van der Waals surface area contributed by atoms with E-state index in [1.807, 2.05) is 58.0 Å². The summed E-state index contributed by atoms with van der Waals surface area (Å²) in [5.41, 5.74) is 2.45. The second-order valence-corrected chi connectivity index (χ2v) is 8.09. The van der Waals surface area contributed by atoms with Gasteiger partial charge in [0.2, 0.25) is 5.91 Å². The standard InChI is InChI=1S/C19H20ClN5OS/c1-11-9-12(2)22-19(21-11)25-17(10-13(3)24-25)23-18(26)14(4)27-16-7-5-15(20)6-8-16/h5-10,14H,1-4H3,(H,23,26). The van der Waals surface area contributed by atoms with Crippen molar-refractivity contribution in [3.63, 3.8) is 0 Å². The first-order valence-corrected chi connectivity index (χ1v) is 9.70. The molecule has 0 radical (unpaired) electrons. The van der Waals surface area contributed by atoms with Gasteiger partial charge in [-0.05, 0) is 58.0 Å². The molecule has 3 rings (SSSR count). The second kappa shape index (κ2) is 8.10. The smallest absolute Gasteiger partial charge is 0.252 e. The van der Waals surface area contributed by atoms with Crippen LogP contribution in [0.1, 0.15) is 24.0 Å². The highest BCUT2D eigenvalue weighted by Gasteiger charge is 2.18. The van der Waals surface area contributed by atoms with Crippen molar-refractivity contribution in [2.75, 3.05) is 5.32 Å². The lowest BCUT2D eigenvalue weighted by Crippen LogP contribution is -2.24. The number of aryl methyl sites for hydroxylation is 3. The number of aromatic nitrogens is 4. The van der Waals surface area contributed by atoms with E-state index in [4.69, 9.17) is 11.6 Å². The Hall–Kier alpha value is -2.38. The lowest BCUT2D eigenvalue weighted by Gasteiger charge is -2.13. The summed E-state index contributed by atoms with van der Waals surface area (Å²) in [6, 6.07) is 11.1. The van der Waals surface area contributed by atoms with E-state index < -0.39 is 0 Å². The number of hydrogen-bond acceptors (Lipinski definition) is 5. The zero-order chi connectivity index (χ0) is 19.6. The summed E-state index contributed by atoms with van der Waals surface area (Å²) in [5.74, 6) is 0.862. The number of rotatable bonds is 5. The fourth-order valence-corrected chi connectivity index (χ4v) is 3.54. The van der Waals surface area contributed by atoms with Crippen molar-refractivity contribution >= 4 is 35.1 Å². The number of thioether (sulfide) groups is 1. The van der Waals surface area contributed by atoms with Crippen molar-refractivity contribution in [3.8, 4) is 5.95 Å². The predicted molar refractivity (Wildman–Crippen MR) is 109 cm³/mol. The molecule has 3 aromatic rings. The fraction of sp³-hybridized carbons (Fsp3) is 0.263. The van der Waals surface area contributed by atoms with E-state index in [0.29, 0.717) is 16.8 Å². The summed E-state index contributed by atoms with van der Waals surface area (Å²) in [7, 11) is 0. The lowest BCUT2D eigenvalue weighted by molar-refractivity contribution is -0.115. The average molecular weight is 402 g/mol. The van der Waals surface area contributed by atoms with E-state index in [-0.39, 0.29) is 11.2 Å². The molecule has 8 heteroatoms. The summed E-state index contributed by atoms with van der Waals surface area (Å²) in [4.78, 5) is 22.5. The third kappa shape index (κ3) is 4.87. The molecule has 6 nitrogen and oxygen atoms in total. The van der Waals surface area contributed by atoms with Crippen LogP contribution < -0.4 is 5.32 Å². The number of carbonyl (C=O) groups excluding carboxylic acids is 1. The number of amides is 1. The summed E-state index contributed by atoms with van der Waals surface area (Å²) in [6.07, 6.45) is 0. The molecule has 1 aromatic carbocycles. The third-order valence-corrected chi connectivity index (χ3v) is 5.10. The molecule has 0 spiro atoms. The SMILES string of the molecule is Cc1cc(C)nc(-n2nc(C)cc2NC(=O)C(C)Sc2ccc(Cl)cc2)n1. The van der Waals surface area contributed by atoms with E-state index in [1.165, 1.54) is 11.8 Å². The van der Waals surface area contributed by atoms with Crippen LogP contribution in [0, 0.1) is 20.8 Å². The Morgan fingerprint density at radius 2 is 1.70 bits per heavy atom. The van der Waals surface area contributed by atoms with E-state index in [1.54, 1.807) is 10.7 Å². The van der Waals surface area contributed by atoms with Crippen LogP contribution in [-0.2, 0) is 4.79 Å². The zero-order valence-corrected chi connectivity index (χ0v) is 17.1. The minimum atomic E-state index is -0.296. The normalized spacial score (nSPS) is 12.0. The van der Waals surface area contributed by atoms with Crippen molar-refractivity contribution in [3.05, 3.63) is 58.5 Å². The maximum absolute atomic E-state index is 12.7. The van der Waals surface area contributed by atoms with Crippen molar-refractivity contribution in [2.24, 2.45) is 0 Å². The molecule has 1 unspecified atom stereocenters. The maximum atomic E-state index is 12.7. The monoisotopic (exact) mass is 401 g/mol. The van der Waals surface area contributed by atoms with Crippen molar-refractivity contribution in [2.45, 2.75) is 37.8 Å². The number of benzene rings is 1. The van der Waals surface area contributed by atoms with Gasteiger partial charge < -0.3 is 5.32 Å². The molecule has 0 bridgehead atoms. The molecule has 27 heavy (non-hydrogen) atoms. The van der Waals surface area contributed by atoms with Gasteiger partial charge in [0.25, 0.3) is 5.95 Å². The van der Waals surface area contributed by atoms with Gasteiger partial charge in [-0.25, -0.2) is 9.97 Å². The summed E-state index contributed by atoms with van der Waals surface area (Å²) in [5, 5.41) is 7.73. The number of carbonyl (C=O) groups is 1.